The molecule has 4 N–H and O–H groups in total. The van der Waals surface area contributed by atoms with Gasteiger partial charge >= 0.3 is 12.1 Å². The highest BCUT2D eigenvalue weighted by molar-refractivity contribution is 5.95. The predicted octanol–water partition coefficient (Wildman–Crippen LogP) is 5.59. The molecule has 0 saturated carbocycles. The zero-order chi connectivity index (χ0) is 37.3. The maximum atomic E-state index is 14.8. The highest BCUT2D eigenvalue weighted by Gasteiger charge is 2.44. The quantitative estimate of drug-likeness (QED) is 0.220. The Kier molecular flexibility index (Phi) is 14.0. The monoisotopic (exact) mass is 680 g/mol. The fourth-order valence-corrected chi connectivity index (χ4v) is 5.24. The van der Waals surface area contributed by atoms with Gasteiger partial charge < -0.3 is 30.7 Å². The maximum absolute atomic E-state index is 14.8. The molecular weight excluding hydrogens is 624 g/mol. The molecule has 0 spiro atoms. The van der Waals surface area contributed by atoms with Gasteiger partial charge in [0.05, 0.1) is 0 Å². The van der Waals surface area contributed by atoms with Gasteiger partial charge in [0.2, 0.25) is 17.7 Å². The van der Waals surface area contributed by atoms with Crippen LogP contribution in [0.3, 0.4) is 0 Å². The van der Waals surface area contributed by atoms with E-state index in [0.29, 0.717) is 12.0 Å². The van der Waals surface area contributed by atoms with Gasteiger partial charge in [0, 0.05) is 18.4 Å². The van der Waals surface area contributed by atoms with Gasteiger partial charge in [-0.3, -0.25) is 14.4 Å². The fraction of sp³-hybridized carbons (Fsp3) is 0.553. The Bertz CT molecular complexity index is 1480. The van der Waals surface area contributed by atoms with Gasteiger partial charge in [-0.1, -0.05) is 55.5 Å². The summed E-state index contributed by atoms with van der Waals surface area (Å²) in [4.78, 5) is 69.5. The molecule has 270 valence electrons. The lowest BCUT2D eigenvalue weighted by molar-refractivity contribution is -0.159. The molecule has 0 aliphatic heterocycles. The van der Waals surface area contributed by atoms with Crippen LogP contribution >= 0.6 is 0 Å². The molecule has 0 heterocycles. The summed E-state index contributed by atoms with van der Waals surface area (Å²) in [5, 5.41) is 5.56. The number of ether oxygens (including phenoxy) is 2. The van der Waals surface area contributed by atoms with Crippen LogP contribution in [0.2, 0.25) is 0 Å². The molecule has 0 radical (unpaired) electrons. The molecule has 4 amide bonds. The van der Waals surface area contributed by atoms with Crippen molar-refractivity contribution < 1.29 is 33.4 Å². The number of hydrogen-bond donors (Lipinski definition) is 3. The summed E-state index contributed by atoms with van der Waals surface area (Å²) >= 11 is 0. The van der Waals surface area contributed by atoms with Crippen LogP contribution in [0.1, 0.15) is 110 Å². The van der Waals surface area contributed by atoms with Crippen molar-refractivity contribution in [1.82, 2.24) is 15.5 Å². The van der Waals surface area contributed by atoms with E-state index in [1.54, 1.807) is 53.7 Å². The number of amides is 4. The van der Waals surface area contributed by atoms with Gasteiger partial charge in [-0.2, -0.15) is 0 Å². The molecular formula is C38H56N4O7. The standard InChI is InChI=1S/C38H56N4O7/c1-12-38(10,11)42(33(45)28(21-22-30(39)43)41-35(47)49-37(7,8)9)31(27-20-16-17-24(2)25(27)3)32(44)40-29(34(46)48-36(4,5)6)23-26-18-14-13-15-19-26/h13-20,28-29,31H,12,21-23H2,1-11H3,(H2,39,43)(H,40,44)(H,41,47). The van der Waals surface area contributed by atoms with Crippen molar-refractivity contribution in [3.8, 4) is 0 Å². The van der Waals surface area contributed by atoms with Gasteiger partial charge in [0.25, 0.3) is 0 Å². The first-order chi connectivity index (χ1) is 22.6. The van der Waals surface area contributed by atoms with Gasteiger partial charge in [-0.05, 0) is 104 Å². The number of nitrogens with one attached hydrogen (secondary N) is 2. The van der Waals surface area contributed by atoms with Crippen molar-refractivity contribution >= 4 is 29.8 Å². The Morgan fingerprint density at radius 2 is 1.39 bits per heavy atom. The largest absolute Gasteiger partial charge is 0.458 e. The Labute approximate surface area is 291 Å². The highest BCUT2D eigenvalue weighted by atomic mass is 16.6. The Morgan fingerprint density at radius 3 is 1.92 bits per heavy atom. The van der Waals surface area contributed by atoms with E-state index >= 15 is 0 Å². The molecule has 0 bridgehead atoms. The number of carbonyl (C=O) groups is 5. The number of alkyl carbamates (subject to hydrolysis) is 1. The number of rotatable bonds is 14. The molecule has 0 aromatic heterocycles. The molecule has 3 atom stereocenters. The van der Waals surface area contributed by atoms with E-state index in [4.69, 9.17) is 15.2 Å². The molecule has 0 aliphatic rings. The smallest absolute Gasteiger partial charge is 0.408 e. The van der Waals surface area contributed by atoms with Crippen molar-refractivity contribution in [2.24, 2.45) is 5.73 Å². The first-order valence-electron chi connectivity index (χ1n) is 16.8. The number of hydrogen-bond acceptors (Lipinski definition) is 7. The predicted molar refractivity (Wildman–Crippen MR) is 189 cm³/mol. The summed E-state index contributed by atoms with van der Waals surface area (Å²) in [5.74, 6) is -2.50. The summed E-state index contributed by atoms with van der Waals surface area (Å²) in [6, 6.07) is 11.1. The molecule has 0 saturated heterocycles. The molecule has 11 heteroatoms. The van der Waals surface area contributed by atoms with Gasteiger partial charge in [-0.25, -0.2) is 9.59 Å². The van der Waals surface area contributed by atoms with E-state index in [9.17, 15) is 24.0 Å². The number of esters is 1. The zero-order valence-corrected chi connectivity index (χ0v) is 31.1. The van der Waals surface area contributed by atoms with Gasteiger partial charge in [0.15, 0.2) is 0 Å². The molecule has 0 aliphatic carbocycles. The third-order valence-electron chi connectivity index (χ3n) is 8.16. The minimum absolute atomic E-state index is 0.126. The number of benzene rings is 2. The zero-order valence-electron chi connectivity index (χ0n) is 31.1. The highest BCUT2D eigenvalue weighted by Crippen LogP contribution is 2.35. The van der Waals surface area contributed by atoms with Crippen LogP contribution in [-0.4, -0.2) is 63.5 Å². The molecule has 49 heavy (non-hydrogen) atoms. The summed E-state index contributed by atoms with van der Waals surface area (Å²) in [7, 11) is 0. The first kappa shape index (κ1) is 40.8. The lowest BCUT2D eigenvalue weighted by Crippen LogP contribution is -2.60. The van der Waals surface area contributed by atoms with Crippen LogP contribution in [0.25, 0.3) is 0 Å². The molecule has 2 aromatic rings. The van der Waals surface area contributed by atoms with E-state index in [-0.39, 0.29) is 19.3 Å². The number of nitrogens with zero attached hydrogens (tertiary/aromatic N) is 1. The molecule has 11 nitrogen and oxygen atoms in total. The minimum Gasteiger partial charge on any atom is -0.458 e. The number of carbonyl (C=O) groups excluding carboxylic acids is 5. The second-order valence-corrected chi connectivity index (χ2v) is 15.1. The summed E-state index contributed by atoms with van der Waals surface area (Å²) in [5.41, 5.74) is 5.84. The number of primary amides is 1. The lowest BCUT2D eigenvalue weighted by Gasteiger charge is -2.45. The Hall–Kier alpha value is -4.41. The Balaban J connectivity index is 2.77. The van der Waals surface area contributed by atoms with Crippen molar-refractivity contribution in [2.75, 3.05) is 0 Å². The SMILES string of the molecule is CCC(C)(C)N(C(=O)C(CCC(N)=O)NC(=O)OC(C)(C)C)C(C(=O)NC(Cc1ccccc1)C(=O)OC(C)(C)C)c1cccc(C)c1C. The molecule has 2 aromatic carbocycles. The first-order valence-corrected chi connectivity index (χ1v) is 16.8. The van der Waals surface area contributed by atoms with Gasteiger partial charge in [0.1, 0.15) is 29.3 Å². The molecule has 2 rings (SSSR count). The van der Waals surface area contributed by atoms with Crippen molar-refractivity contribution in [3.05, 3.63) is 70.8 Å². The number of aryl methyl sites for hydroxylation is 1. The van der Waals surface area contributed by atoms with E-state index < -0.39 is 64.7 Å². The third kappa shape index (κ3) is 12.5. The van der Waals surface area contributed by atoms with Crippen molar-refractivity contribution in [2.45, 2.75) is 137 Å². The van der Waals surface area contributed by atoms with E-state index in [1.807, 2.05) is 71.0 Å². The van der Waals surface area contributed by atoms with E-state index in [2.05, 4.69) is 10.6 Å². The minimum atomic E-state index is -1.26. The van der Waals surface area contributed by atoms with Crippen LogP contribution in [0.15, 0.2) is 48.5 Å². The second-order valence-electron chi connectivity index (χ2n) is 15.1. The second kappa shape index (κ2) is 16.8. The third-order valence-corrected chi connectivity index (χ3v) is 8.16. The van der Waals surface area contributed by atoms with Crippen LogP contribution in [0.5, 0.6) is 0 Å². The fourth-order valence-electron chi connectivity index (χ4n) is 5.24. The summed E-state index contributed by atoms with van der Waals surface area (Å²) < 4.78 is 11.2. The summed E-state index contributed by atoms with van der Waals surface area (Å²) in [6.45, 7) is 19.6. The average molecular weight is 681 g/mol. The topological polar surface area (TPSA) is 157 Å². The Morgan fingerprint density at radius 1 is 0.796 bits per heavy atom. The van der Waals surface area contributed by atoms with Crippen molar-refractivity contribution in [3.63, 3.8) is 0 Å². The number of nitrogens with two attached hydrogens (primary N) is 1. The van der Waals surface area contributed by atoms with E-state index in [0.717, 1.165) is 16.7 Å². The summed E-state index contributed by atoms with van der Waals surface area (Å²) in [6.07, 6.45) is -0.621. The average Bonchev–Trinajstić information content (AvgIpc) is 2.97. The van der Waals surface area contributed by atoms with Gasteiger partial charge in [-0.15, -0.1) is 0 Å². The van der Waals surface area contributed by atoms with Crippen molar-refractivity contribution in [1.29, 1.82) is 0 Å². The van der Waals surface area contributed by atoms with Crippen LogP contribution in [0, 0.1) is 13.8 Å². The van der Waals surface area contributed by atoms with E-state index in [1.165, 1.54) is 4.90 Å². The maximum Gasteiger partial charge on any atom is 0.408 e. The normalized spacial score (nSPS) is 13.8. The molecule has 3 unspecified atom stereocenters. The lowest BCUT2D eigenvalue weighted by atomic mass is 9.88. The van der Waals surface area contributed by atoms with Crippen LogP contribution in [0.4, 0.5) is 4.79 Å². The van der Waals surface area contributed by atoms with Crippen LogP contribution in [-0.2, 0) is 35.1 Å². The molecule has 0 fully saturated rings. The van der Waals surface area contributed by atoms with Crippen LogP contribution < -0.4 is 16.4 Å².